The number of thiazole rings is 1. The zero-order valence-electron chi connectivity index (χ0n) is 12.8. The molecule has 1 unspecified atom stereocenters. The van der Waals surface area contributed by atoms with Gasteiger partial charge in [0.2, 0.25) is 0 Å². The number of likely N-dealkylation sites (tertiary alicyclic amines) is 1. The van der Waals surface area contributed by atoms with E-state index in [9.17, 15) is 0 Å². The van der Waals surface area contributed by atoms with Crippen molar-refractivity contribution >= 4 is 21.6 Å². The van der Waals surface area contributed by atoms with Crippen LogP contribution in [0.5, 0.6) is 0 Å². The minimum atomic E-state index is 0.781. The molecular formula is C17H25N3S. The molecular weight excluding hydrogens is 278 g/mol. The number of rotatable bonds is 6. The van der Waals surface area contributed by atoms with Gasteiger partial charge < -0.3 is 10.2 Å². The molecule has 0 aliphatic carbocycles. The molecule has 0 amide bonds. The molecule has 0 bridgehead atoms. The molecule has 1 atom stereocenters. The van der Waals surface area contributed by atoms with E-state index >= 15 is 0 Å². The van der Waals surface area contributed by atoms with Crippen LogP contribution in [0.1, 0.15) is 37.6 Å². The summed E-state index contributed by atoms with van der Waals surface area (Å²) in [6, 6.07) is 9.15. The van der Waals surface area contributed by atoms with E-state index < -0.39 is 0 Å². The van der Waals surface area contributed by atoms with Crippen molar-refractivity contribution in [2.45, 2.75) is 45.2 Å². The molecule has 1 aromatic heterocycles. The van der Waals surface area contributed by atoms with Crippen LogP contribution in [0, 0.1) is 0 Å². The maximum atomic E-state index is 4.66. The predicted molar refractivity (Wildman–Crippen MR) is 90.8 cm³/mol. The fourth-order valence-electron chi connectivity index (χ4n) is 3.09. The average Bonchev–Trinajstić information content (AvgIpc) is 2.91. The van der Waals surface area contributed by atoms with Crippen molar-refractivity contribution < 1.29 is 0 Å². The highest BCUT2D eigenvalue weighted by Gasteiger charge is 2.16. The summed E-state index contributed by atoms with van der Waals surface area (Å²) in [7, 11) is 0. The topological polar surface area (TPSA) is 28.2 Å². The summed E-state index contributed by atoms with van der Waals surface area (Å²) in [4.78, 5) is 7.30. The van der Waals surface area contributed by atoms with Gasteiger partial charge in [-0.15, -0.1) is 11.3 Å². The Kier molecular flexibility index (Phi) is 5.22. The zero-order chi connectivity index (χ0) is 14.5. The van der Waals surface area contributed by atoms with Gasteiger partial charge in [0.25, 0.3) is 0 Å². The third-order valence-corrected chi connectivity index (χ3v) is 5.39. The fourth-order valence-corrected chi connectivity index (χ4v) is 4.02. The molecule has 4 heteroatoms. The van der Waals surface area contributed by atoms with E-state index in [0.717, 1.165) is 24.6 Å². The SMILES string of the molecule is CC1CCCCN1CCCNCc1nc2ccccc2s1. The van der Waals surface area contributed by atoms with Crippen molar-refractivity contribution in [2.24, 2.45) is 0 Å². The van der Waals surface area contributed by atoms with Crippen LogP contribution in [-0.2, 0) is 6.54 Å². The highest BCUT2D eigenvalue weighted by molar-refractivity contribution is 7.18. The first-order chi connectivity index (χ1) is 10.3. The quantitative estimate of drug-likeness (QED) is 0.826. The van der Waals surface area contributed by atoms with Crippen molar-refractivity contribution in [3.63, 3.8) is 0 Å². The molecule has 0 saturated carbocycles. The lowest BCUT2D eigenvalue weighted by molar-refractivity contribution is 0.159. The Hall–Kier alpha value is -0.970. The molecule has 3 nitrogen and oxygen atoms in total. The van der Waals surface area contributed by atoms with Gasteiger partial charge in [0.15, 0.2) is 0 Å². The van der Waals surface area contributed by atoms with E-state index in [0.29, 0.717) is 0 Å². The first kappa shape index (κ1) is 14.9. The second kappa shape index (κ2) is 7.34. The number of benzene rings is 1. The molecule has 2 aromatic rings. The largest absolute Gasteiger partial charge is 0.310 e. The zero-order valence-corrected chi connectivity index (χ0v) is 13.7. The first-order valence-corrected chi connectivity index (χ1v) is 8.94. The third kappa shape index (κ3) is 4.02. The van der Waals surface area contributed by atoms with Crippen molar-refractivity contribution in [1.82, 2.24) is 15.2 Å². The number of hydrogen-bond acceptors (Lipinski definition) is 4. The minimum Gasteiger partial charge on any atom is -0.310 e. The summed E-state index contributed by atoms with van der Waals surface area (Å²) in [5.41, 5.74) is 1.13. The Labute approximate surface area is 131 Å². The van der Waals surface area contributed by atoms with E-state index in [1.54, 1.807) is 11.3 Å². The highest BCUT2D eigenvalue weighted by Crippen LogP contribution is 2.21. The highest BCUT2D eigenvalue weighted by atomic mass is 32.1. The molecule has 1 fully saturated rings. The average molecular weight is 303 g/mol. The Balaban J connectivity index is 1.38. The van der Waals surface area contributed by atoms with Crippen LogP contribution >= 0.6 is 11.3 Å². The summed E-state index contributed by atoms with van der Waals surface area (Å²) >= 11 is 1.80. The lowest BCUT2D eigenvalue weighted by Gasteiger charge is -2.33. The van der Waals surface area contributed by atoms with E-state index in [2.05, 4.69) is 46.4 Å². The van der Waals surface area contributed by atoms with Gasteiger partial charge in [0.05, 0.1) is 10.2 Å². The second-order valence-corrected chi connectivity index (χ2v) is 7.10. The molecule has 1 aromatic carbocycles. The van der Waals surface area contributed by atoms with Crippen molar-refractivity contribution in [1.29, 1.82) is 0 Å². The number of aromatic nitrogens is 1. The summed E-state index contributed by atoms with van der Waals surface area (Å²) < 4.78 is 1.29. The number of nitrogens with one attached hydrogen (secondary N) is 1. The van der Waals surface area contributed by atoms with E-state index in [1.807, 2.05) is 0 Å². The molecule has 0 radical (unpaired) electrons. The smallest absolute Gasteiger partial charge is 0.108 e. The van der Waals surface area contributed by atoms with Gasteiger partial charge in [-0.1, -0.05) is 18.6 Å². The summed E-state index contributed by atoms with van der Waals surface area (Å²) in [5, 5.41) is 4.74. The lowest BCUT2D eigenvalue weighted by Crippen LogP contribution is -2.38. The van der Waals surface area contributed by atoms with Gasteiger partial charge in [-0.25, -0.2) is 4.98 Å². The summed E-state index contributed by atoms with van der Waals surface area (Å²) in [5.74, 6) is 0. The van der Waals surface area contributed by atoms with E-state index in [4.69, 9.17) is 0 Å². The van der Waals surface area contributed by atoms with Crippen LogP contribution in [0.2, 0.25) is 0 Å². The van der Waals surface area contributed by atoms with Crippen molar-refractivity contribution in [3.8, 4) is 0 Å². The molecule has 1 aliphatic rings. The normalized spacial score (nSPS) is 20.1. The van der Waals surface area contributed by atoms with Gasteiger partial charge in [0.1, 0.15) is 5.01 Å². The van der Waals surface area contributed by atoms with Gasteiger partial charge in [-0.05, 0) is 58.0 Å². The van der Waals surface area contributed by atoms with Gasteiger partial charge in [-0.2, -0.15) is 0 Å². The molecule has 1 aliphatic heterocycles. The minimum absolute atomic E-state index is 0.781. The van der Waals surface area contributed by atoms with Gasteiger partial charge in [-0.3, -0.25) is 0 Å². The molecule has 3 rings (SSSR count). The van der Waals surface area contributed by atoms with E-state index in [1.165, 1.54) is 48.5 Å². The van der Waals surface area contributed by atoms with Crippen LogP contribution in [0.4, 0.5) is 0 Å². The van der Waals surface area contributed by atoms with Gasteiger partial charge in [0, 0.05) is 12.6 Å². The number of nitrogens with zero attached hydrogens (tertiary/aromatic N) is 2. The first-order valence-electron chi connectivity index (χ1n) is 8.12. The summed E-state index contributed by atoms with van der Waals surface area (Å²) in [6.45, 7) is 6.87. The number of piperidine rings is 1. The molecule has 1 N–H and O–H groups in total. The molecule has 114 valence electrons. The Bertz CT molecular complexity index is 533. The van der Waals surface area contributed by atoms with Crippen LogP contribution in [-0.4, -0.2) is 35.6 Å². The van der Waals surface area contributed by atoms with Crippen molar-refractivity contribution in [2.75, 3.05) is 19.6 Å². The standard InChI is InChI=1S/C17H25N3S/c1-14-7-4-5-11-20(14)12-6-10-18-13-17-19-15-8-2-3-9-16(15)21-17/h2-3,8-9,14,18H,4-7,10-13H2,1H3. The molecule has 1 saturated heterocycles. The molecule has 0 spiro atoms. The molecule has 21 heavy (non-hydrogen) atoms. The van der Waals surface area contributed by atoms with Crippen LogP contribution < -0.4 is 5.32 Å². The molecule has 2 heterocycles. The van der Waals surface area contributed by atoms with Crippen molar-refractivity contribution in [3.05, 3.63) is 29.3 Å². The third-order valence-electron chi connectivity index (χ3n) is 4.35. The Morgan fingerprint density at radius 2 is 2.24 bits per heavy atom. The van der Waals surface area contributed by atoms with Crippen LogP contribution in [0.3, 0.4) is 0 Å². The second-order valence-electron chi connectivity index (χ2n) is 5.99. The number of hydrogen-bond donors (Lipinski definition) is 1. The fraction of sp³-hybridized carbons (Fsp3) is 0.588. The monoisotopic (exact) mass is 303 g/mol. The maximum Gasteiger partial charge on any atom is 0.108 e. The Morgan fingerprint density at radius 1 is 1.33 bits per heavy atom. The van der Waals surface area contributed by atoms with E-state index in [-0.39, 0.29) is 0 Å². The maximum absolute atomic E-state index is 4.66. The van der Waals surface area contributed by atoms with Crippen LogP contribution in [0.15, 0.2) is 24.3 Å². The lowest BCUT2D eigenvalue weighted by atomic mass is 10.0. The van der Waals surface area contributed by atoms with Gasteiger partial charge >= 0.3 is 0 Å². The number of para-hydroxylation sites is 1. The Morgan fingerprint density at radius 3 is 3.10 bits per heavy atom. The number of fused-ring (bicyclic) bond motifs is 1. The summed E-state index contributed by atoms with van der Waals surface area (Å²) in [6.07, 6.45) is 5.39. The van der Waals surface area contributed by atoms with Crippen LogP contribution in [0.25, 0.3) is 10.2 Å². The predicted octanol–water partition coefficient (Wildman–Crippen LogP) is 3.65.